The SMILES string of the molecule is COc1ccc(CO[C@@H]2[C@H](O)[C@@H](CO)O[C@H]2n2ccc(=O)n(Cc3ccc(OC)cc3)c2=O)cc1. The molecule has 4 rings (SSSR count). The van der Waals surface area contributed by atoms with Crippen LogP contribution >= 0.6 is 0 Å². The van der Waals surface area contributed by atoms with Gasteiger partial charge in [0.2, 0.25) is 0 Å². The maximum atomic E-state index is 13.3. The molecule has 1 fully saturated rings. The largest absolute Gasteiger partial charge is 0.497 e. The van der Waals surface area contributed by atoms with Gasteiger partial charge in [0.15, 0.2) is 6.23 Å². The third-order valence-electron chi connectivity index (χ3n) is 5.96. The van der Waals surface area contributed by atoms with Crippen molar-refractivity contribution in [3.8, 4) is 11.5 Å². The minimum atomic E-state index is -1.18. The van der Waals surface area contributed by atoms with E-state index >= 15 is 0 Å². The number of hydrogen-bond donors (Lipinski definition) is 2. The molecule has 0 bridgehead atoms. The van der Waals surface area contributed by atoms with Crippen molar-refractivity contribution in [2.45, 2.75) is 37.7 Å². The number of benzene rings is 2. The second kappa shape index (κ2) is 10.9. The highest BCUT2D eigenvalue weighted by molar-refractivity contribution is 5.28. The summed E-state index contributed by atoms with van der Waals surface area (Å²) in [5.74, 6) is 1.36. The van der Waals surface area contributed by atoms with Crippen molar-refractivity contribution in [1.29, 1.82) is 0 Å². The number of aliphatic hydroxyl groups excluding tert-OH is 2. The van der Waals surface area contributed by atoms with Gasteiger partial charge in [0.1, 0.15) is 29.8 Å². The molecule has 0 amide bonds. The molecule has 0 spiro atoms. The molecule has 0 aliphatic carbocycles. The highest BCUT2D eigenvalue weighted by Gasteiger charge is 2.45. The monoisotopic (exact) mass is 484 g/mol. The van der Waals surface area contributed by atoms with Crippen molar-refractivity contribution in [3.05, 3.63) is 92.8 Å². The van der Waals surface area contributed by atoms with Gasteiger partial charge in [-0.25, -0.2) is 4.79 Å². The molecule has 4 atom stereocenters. The van der Waals surface area contributed by atoms with Crippen molar-refractivity contribution in [2.75, 3.05) is 20.8 Å². The average molecular weight is 485 g/mol. The van der Waals surface area contributed by atoms with Gasteiger partial charge in [0.05, 0.1) is 34.0 Å². The van der Waals surface area contributed by atoms with Gasteiger partial charge in [-0.15, -0.1) is 0 Å². The van der Waals surface area contributed by atoms with Crippen LogP contribution in [0.4, 0.5) is 0 Å². The Morgan fingerprint density at radius 1 is 0.914 bits per heavy atom. The minimum absolute atomic E-state index is 0.0403. The van der Waals surface area contributed by atoms with Gasteiger partial charge >= 0.3 is 5.69 Å². The lowest BCUT2D eigenvalue weighted by atomic mass is 10.1. The lowest BCUT2D eigenvalue weighted by molar-refractivity contribution is -0.0802. The van der Waals surface area contributed by atoms with Gasteiger partial charge in [-0.3, -0.25) is 13.9 Å². The fourth-order valence-electron chi connectivity index (χ4n) is 3.97. The zero-order valence-corrected chi connectivity index (χ0v) is 19.4. The Hall–Kier alpha value is -3.44. The van der Waals surface area contributed by atoms with Crippen LogP contribution in [-0.2, 0) is 22.6 Å². The molecule has 10 nitrogen and oxygen atoms in total. The summed E-state index contributed by atoms with van der Waals surface area (Å²) in [4.78, 5) is 25.8. The van der Waals surface area contributed by atoms with Crippen molar-refractivity contribution in [3.63, 3.8) is 0 Å². The lowest BCUT2D eigenvalue weighted by Gasteiger charge is -2.23. The van der Waals surface area contributed by atoms with Crippen LogP contribution in [0.2, 0.25) is 0 Å². The molecular formula is C25H28N2O8. The first-order chi connectivity index (χ1) is 16.9. The number of aromatic nitrogens is 2. The molecule has 0 unspecified atom stereocenters. The number of rotatable bonds is 9. The number of hydrogen-bond acceptors (Lipinski definition) is 8. The molecule has 1 saturated heterocycles. The van der Waals surface area contributed by atoms with Crippen LogP contribution in [0.1, 0.15) is 17.4 Å². The third kappa shape index (κ3) is 5.30. The molecule has 0 saturated carbocycles. The lowest BCUT2D eigenvalue weighted by Crippen LogP contribution is -2.43. The molecule has 1 aliphatic heterocycles. The van der Waals surface area contributed by atoms with E-state index in [-0.39, 0.29) is 13.2 Å². The number of aliphatic hydroxyl groups is 2. The highest BCUT2D eigenvalue weighted by Crippen LogP contribution is 2.31. The molecule has 186 valence electrons. The average Bonchev–Trinajstić information content (AvgIpc) is 3.20. The van der Waals surface area contributed by atoms with Crippen LogP contribution in [0.5, 0.6) is 11.5 Å². The molecule has 2 aromatic carbocycles. The molecule has 2 N–H and O–H groups in total. The second-order valence-electron chi connectivity index (χ2n) is 8.14. The van der Waals surface area contributed by atoms with E-state index in [0.29, 0.717) is 11.5 Å². The predicted molar refractivity (Wildman–Crippen MR) is 126 cm³/mol. The Balaban J connectivity index is 1.60. The summed E-state index contributed by atoms with van der Waals surface area (Å²) in [6.45, 7) is -0.289. The van der Waals surface area contributed by atoms with Crippen LogP contribution in [0.25, 0.3) is 0 Å². The summed E-state index contributed by atoms with van der Waals surface area (Å²) in [6, 6.07) is 15.5. The first-order valence-corrected chi connectivity index (χ1v) is 11.1. The Morgan fingerprint density at radius 2 is 1.51 bits per heavy atom. The maximum Gasteiger partial charge on any atom is 0.333 e. The summed E-state index contributed by atoms with van der Waals surface area (Å²) in [6.07, 6.45) is -2.82. The van der Waals surface area contributed by atoms with Gasteiger partial charge in [0, 0.05) is 12.3 Å². The van der Waals surface area contributed by atoms with Crippen molar-refractivity contribution in [1.82, 2.24) is 9.13 Å². The van der Waals surface area contributed by atoms with Crippen LogP contribution in [0.15, 0.2) is 70.4 Å². The normalized spacial score (nSPS) is 21.7. The second-order valence-corrected chi connectivity index (χ2v) is 8.14. The zero-order valence-electron chi connectivity index (χ0n) is 19.4. The summed E-state index contributed by atoms with van der Waals surface area (Å²) in [7, 11) is 3.13. The van der Waals surface area contributed by atoms with Crippen molar-refractivity contribution >= 4 is 0 Å². The van der Waals surface area contributed by atoms with Crippen LogP contribution in [0, 0.1) is 0 Å². The standard InChI is InChI=1S/C25H28N2O8/c1-32-18-7-3-16(4-8-18)13-27-21(29)11-12-26(25(27)31)24-23(22(30)20(14-28)35-24)34-15-17-5-9-19(33-2)10-6-17/h3-12,20,22-24,28,30H,13-15H2,1-2H3/t20-,22-,23-,24-/m1/s1. The van der Waals surface area contributed by atoms with Crippen LogP contribution < -0.4 is 20.7 Å². The third-order valence-corrected chi connectivity index (χ3v) is 5.96. The zero-order chi connectivity index (χ0) is 24.9. The van der Waals surface area contributed by atoms with Gasteiger partial charge in [-0.1, -0.05) is 24.3 Å². The summed E-state index contributed by atoms with van der Waals surface area (Å²) in [5, 5.41) is 20.4. The van der Waals surface area contributed by atoms with E-state index in [1.165, 1.54) is 16.8 Å². The predicted octanol–water partition coefficient (Wildman–Crippen LogP) is 0.911. The molecule has 2 heterocycles. The van der Waals surface area contributed by atoms with E-state index in [1.54, 1.807) is 50.6 Å². The van der Waals surface area contributed by atoms with Gasteiger partial charge < -0.3 is 29.2 Å². The Kier molecular flexibility index (Phi) is 7.67. The molecule has 10 heteroatoms. The van der Waals surface area contributed by atoms with E-state index in [1.807, 2.05) is 12.1 Å². The highest BCUT2D eigenvalue weighted by atomic mass is 16.6. The quantitative estimate of drug-likeness (QED) is 0.460. The van der Waals surface area contributed by atoms with Crippen molar-refractivity contribution < 1.29 is 29.2 Å². The van der Waals surface area contributed by atoms with Crippen molar-refractivity contribution in [2.24, 2.45) is 0 Å². The maximum absolute atomic E-state index is 13.3. The topological polar surface area (TPSA) is 121 Å². The number of nitrogens with zero attached hydrogens (tertiary/aromatic N) is 2. The molecule has 1 aromatic heterocycles. The van der Waals surface area contributed by atoms with E-state index in [4.69, 9.17) is 18.9 Å². The number of ether oxygens (including phenoxy) is 4. The summed E-state index contributed by atoms with van der Waals surface area (Å²) in [5.41, 5.74) is 0.453. The fourth-order valence-corrected chi connectivity index (χ4v) is 3.97. The van der Waals surface area contributed by atoms with E-state index in [2.05, 4.69) is 0 Å². The Bertz CT molecular complexity index is 1240. The summed E-state index contributed by atoms with van der Waals surface area (Å²) >= 11 is 0. The van der Waals surface area contributed by atoms with Crippen LogP contribution in [0.3, 0.4) is 0 Å². The Morgan fingerprint density at radius 3 is 2.09 bits per heavy atom. The molecule has 3 aromatic rings. The first kappa shape index (κ1) is 24.7. The summed E-state index contributed by atoms with van der Waals surface area (Å²) < 4.78 is 24.3. The molecule has 35 heavy (non-hydrogen) atoms. The Labute approximate surface area is 201 Å². The van der Waals surface area contributed by atoms with Gasteiger partial charge in [0.25, 0.3) is 5.56 Å². The molecule has 0 radical (unpaired) electrons. The smallest absolute Gasteiger partial charge is 0.333 e. The van der Waals surface area contributed by atoms with E-state index < -0.39 is 42.4 Å². The molecule has 1 aliphatic rings. The van der Waals surface area contributed by atoms with Gasteiger partial charge in [-0.05, 0) is 35.4 Å². The first-order valence-electron chi connectivity index (χ1n) is 11.1. The molecular weight excluding hydrogens is 456 g/mol. The van der Waals surface area contributed by atoms with E-state index in [9.17, 15) is 19.8 Å². The fraction of sp³-hybridized carbons (Fsp3) is 0.360. The number of methoxy groups -OCH3 is 2. The van der Waals surface area contributed by atoms with E-state index in [0.717, 1.165) is 15.7 Å². The van der Waals surface area contributed by atoms with Gasteiger partial charge in [-0.2, -0.15) is 0 Å². The van der Waals surface area contributed by atoms with Crippen LogP contribution in [-0.4, -0.2) is 58.5 Å². The minimum Gasteiger partial charge on any atom is -0.497 e.